The van der Waals surface area contributed by atoms with E-state index in [0.717, 1.165) is 55.6 Å². The van der Waals surface area contributed by atoms with Crippen LogP contribution in [0.4, 0.5) is 5.69 Å². The molecule has 0 fully saturated rings. The standard InChI is InChI=1S/C17H25N5O.ClH/c1-3-5-6-9-22-16-12(11-19-22)15(18)14-13(20-16)7-10-21(8-4-2)17(14)23;/h11H,3-10H2,1-2H3,(H2,18,20);1H. The zero-order chi connectivity index (χ0) is 16.4. The van der Waals surface area contributed by atoms with Crippen LogP contribution in [-0.2, 0) is 13.0 Å². The predicted molar refractivity (Wildman–Crippen MR) is 98.6 cm³/mol. The van der Waals surface area contributed by atoms with E-state index in [1.807, 2.05) is 9.58 Å². The molecule has 0 radical (unpaired) electrons. The first-order chi connectivity index (χ1) is 11.2. The Morgan fingerprint density at radius 3 is 2.71 bits per heavy atom. The minimum absolute atomic E-state index is 0. The first-order valence-corrected chi connectivity index (χ1v) is 8.60. The number of anilines is 1. The van der Waals surface area contributed by atoms with Gasteiger partial charge in [0.15, 0.2) is 5.65 Å². The summed E-state index contributed by atoms with van der Waals surface area (Å²) in [4.78, 5) is 19.3. The Kier molecular flexibility index (Phi) is 6.04. The van der Waals surface area contributed by atoms with Crippen molar-refractivity contribution in [3.05, 3.63) is 17.5 Å². The lowest BCUT2D eigenvalue weighted by Crippen LogP contribution is -2.39. The lowest BCUT2D eigenvalue weighted by molar-refractivity contribution is 0.0739. The maximum Gasteiger partial charge on any atom is 0.257 e. The molecule has 1 aliphatic rings. The van der Waals surface area contributed by atoms with Crippen LogP contribution < -0.4 is 5.73 Å². The van der Waals surface area contributed by atoms with Crippen molar-refractivity contribution in [2.24, 2.45) is 0 Å². The number of hydrogen-bond acceptors (Lipinski definition) is 4. The number of hydrogen-bond donors (Lipinski definition) is 1. The number of nitrogen functional groups attached to an aromatic ring is 1. The molecule has 0 unspecified atom stereocenters. The Balaban J connectivity index is 0.00000208. The number of carbonyl (C=O) groups is 1. The highest BCUT2D eigenvalue weighted by molar-refractivity contribution is 6.07. The predicted octanol–water partition coefficient (Wildman–Crippen LogP) is 3.03. The lowest BCUT2D eigenvalue weighted by Gasteiger charge is -2.28. The van der Waals surface area contributed by atoms with E-state index in [1.54, 1.807) is 6.20 Å². The SMILES string of the molecule is CCCCCn1ncc2c(N)c3c(nc21)CCN(CCC)C3=O.Cl. The second-order valence-corrected chi connectivity index (χ2v) is 6.20. The fourth-order valence-electron chi connectivity index (χ4n) is 3.24. The number of nitrogens with zero attached hydrogens (tertiary/aromatic N) is 4. The summed E-state index contributed by atoms with van der Waals surface area (Å²) in [6.45, 7) is 6.60. The maximum atomic E-state index is 12.7. The van der Waals surface area contributed by atoms with Gasteiger partial charge in [0, 0.05) is 26.1 Å². The van der Waals surface area contributed by atoms with Crippen LogP contribution in [0.5, 0.6) is 0 Å². The van der Waals surface area contributed by atoms with Crippen LogP contribution >= 0.6 is 12.4 Å². The molecule has 1 aliphatic heterocycles. The normalized spacial score (nSPS) is 13.9. The molecule has 2 N–H and O–H groups in total. The number of halogens is 1. The Hall–Kier alpha value is -1.82. The van der Waals surface area contributed by atoms with Gasteiger partial charge >= 0.3 is 0 Å². The summed E-state index contributed by atoms with van der Waals surface area (Å²) in [6.07, 6.45) is 6.89. The molecule has 132 valence electrons. The highest BCUT2D eigenvalue weighted by Gasteiger charge is 2.29. The number of unbranched alkanes of at least 4 members (excludes halogenated alkanes) is 2. The second-order valence-electron chi connectivity index (χ2n) is 6.20. The van der Waals surface area contributed by atoms with Gasteiger partial charge in [-0.1, -0.05) is 26.7 Å². The van der Waals surface area contributed by atoms with E-state index in [-0.39, 0.29) is 18.3 Å². The molecular weight excluding hydrogens is 326 g/mol. The topological polar surface area (TPSA) is 77.0 Å². The van der Waals surface area contributed by atoms with Crippen LogP contribution in [0.25, 0.3) is 11.0 Å². The van der Waals surface area contributed by atoms with E-state index in [0.29, 0.717) is 11.3 Å². The Morgan fingerprint density at radius 2 is 2.00 bits per heavy atom. The molecule has 1 amide bonds. The van der Waals surface area contributed by atoms with E-state index in [1.165, 1.54) is 12.8 Å². The molecule has 7 heteroatoms. The largest absolute Gasteiger partial charge is 0.397 e. The van der Waals surface area contributed by atoms with Crippen LogP contribution in [-0.4, -0.2) is 38.7 Å². The molecule has 0 saturated carbocycles. The number of fused-ring (bicyclic) bond motifs is 2. The van der Waals surface area contributed by atoms with Gasteiger partial charge in [0.1, 0.15) is 0 Å². The van der Waals surface area contributed by atoms with Crippen molar-refractivity contribution >= 4 is 35.0 Å². The van der Waals surface area contributed by atoms with Gasteiger partial charge in [-0.15, -0.1) is 12.4 Å². The fourth-order valence-corrected chi connectivity index (χ4v) is 3.24. The van der Waals surface area contributed by atoms with Crippen molar-refractivity contribution in [2.45, 2.75) is 52.5 Å². The quantitative estimate of drug-likeness (QED) is 0.811. The van der Waals surface area contributed by atoms with E-state index in [9.17, 15) is 4.79 Å². The molecule has 0 aliphatic carbocycles. The Bertz CT molecular complexity index is 727. The third-order valence-corrected chi connectivity index (χ3v) is 4.49. The molecule has 0 aromatic carbocycles. The summed E-state index contributed by atoms with van der Waals surface area (Å²) in [5.74, 6) is 0.0127. The summed E-state index contributed by atoms with van der Waals surface area (Å²) in [5, 5.41) is 5.23. The van der Waals surface area contributed by atoms with Gasteiger partial charge in [0.2, 0.25) is 0 Å². The first-order valence-electron chi connectivity index (χ1n) is 8.60. The molecule has 24 heavy (non-hydrogen) atoms. The third kappa shape index (κ3) is 3.20. The molecule has 0 saturated heterocycles. The lowest BCUT2D eigenvalue weighted by atomic mass is 10.0. The number of aromatic nitrogens is 3. The number of amides is 1. The molecule has 2 aromatic heterocycles. The zero-order valence-corrected chi connectivity index (χ0v) is 15.2. The molecule has 6 nitrogen and oxygen atoms in total. The van der Waals surface area contributed by atoms with Crippen molar-refractivity contribution < 1.29 is 4.79 Å². The van der Waals surface area contributed by atoms with Crippen LogP contribution in [0, 0.1) is 0 Å². The molecule has 3 rings (SSSR count). The first kappa shape index (κ1) is 18.5. The van der Waals surface area contributed by atoms with Gasteiger partial charge in [-0.05, 0) is 12.8 Å². The fraction of sp³-hybridized carbons (Fsp3) is 0.588. The third-order valence-electron chi connectivity index (χ3n) is 4.49. The monoisotopic (exact) mass is 351 g/mol. The van der Waals surface area contributed by atoms with Crippen molar-refractivity contribution in [2.75, 3.05) is 18.8 Å². The van der Waals surface area contributed by atoms with Crippen LogP contribution in [0.2, 0.25) is 0 Å². The van der Waals surface area contributed by atoms with Crippen LogP contribution in [0.1, 0.15) is 55.6 Å². The van der Waals surface area contributed by atoms with Crippen LogP contribution in [0.15, 0.2) is 6.20 Å². The summed E-state index contributed by atoms with van der Waals surface area (Å²) >= 11 is 0. The number of aryl methyl sites for hydroxylation is 1. The molecule has 0 bridgehead atoms. The minimum Gasteiger partial charge on any atom is -0.397 e. The van der Waals surface area contributed by atoms with Gasteiger partial charge < -0.3 is 10.6 Å². The van der Waals surface area contributed by atoms with E-state index >= 15 is 0 Å². The minimum atomic E-state index is 0. The van der Waals surface area contributed by atoms with Gasteiger partial charge in [-0.3, -0.25) is 4.79 Å². The Morgan fingerprint density at radius 1 is 1.21 bits per heavy atom. The average Bonchev–Trinajstić information content (AvgIpc) is 2.94. The molecule has 3 heterocycles. The van der Waals surface area contributed by atoms with Crippen molar-refractivity contribution in [1.29, 1.82) is 0 Å². The van der Waals surface area contributed by atoms with Crippen molar-refractivity contribution in [3.8, 4) is 0 Å². The van der Waals surface area contributed by atoms with Gasteiger partial charge in [0.25, 0.3) is 5.91 Å². The summed E-state index contributed by atoms with van der Waals surface area (Å²) in [7, 11) is 0. The average molecular weight is 352 g/mol. The highest BCUT2D eigenvalue weighted by Crippen LogP contribution is 2.30. The smallest absolute Gasteiger partial charge is 0.257 e. The van der Waals surface area contributed by atoms with E-state index < -0.39 is 0 Å². The van der Waals surface area contributed by atoms with E-state index in [4.69, 9.17) is 10.7 Å². The molecule has 0 atom stereocenters. The number of carbonyl (C=O) groups excluding carboxylic acids is 1. The van der Waals surface area contributed by atoms with Crippen LogP contribution in [0.3, 0.4) is 0 Å². The van der Waals surface area contributed by atoms with Crippen molar-refractivity contribution in [3.63, 3.8) is 0 Å². The Labute approximate surface area is 148 Å². The summed E-state index contributed by atoms with van der Waals surface area (Å²) < 4.78 is 1.92. The van der Waals surface area contributed by atoms with Gasteiger partial charge in [0.05, 0.1) is 28.5 Å². The zero-order valence-electron chi connectivity index (χ0n) is 14.4. The second kappa shape index (κ2) is 7.83. The van der Waals surface area contributed by atoms with Gasteiger partial charge in [-0.25, -0.2) is 9.67 Å². The van der Waals surface area contributed by atoms with E-state index in [2.05, 4.69) is 18.9 Å². The van der Waals surface area contributed by atoms with Gasteiger partial charge in [-0.2, -0.15) is 5.10 Å². The van der Waals surface area contributed by atoms with Crippen molar-refractivity contribution in [1.82, 2.24) is 19.7 Å². The molecule has 2 aromatic rings. The summed E-state index contributed by atoms with van der Waals surface area (Å²) in [5.41, 5.74) is 9.08. The maximum absolute atomic E-state index is 12.7. The highest BCUT2D eigenvalue weighted by atomic mass is 35.5. The molecular formula is C17H26ClN5O. The number of nitrogens with two attached hydrogens (primary N) is 1. The number of rotatable bonds is 6. The summed E-state index contributed by atoms with van der Waals surface area (Å²) in [6, 6.07) is 0. The molecule has 0 spiro atoms. The number of pyridine rings is 1.